The van der Waals surface area contributed by atoms with Crippen LogP contribution in [0.1, 0.15) is 5.56 Å². The molecule has 0 saturated carbocycles. The summed E-state index contributed by atoms with van der Waals surface area (Å²) in [7, 11) is 0.257. The maximum absolute atomic E-state index is 12.4. The molecule has 1 amide bonds. The molecule has 1 aromatic rings. The Hall–Kier alpha value is -1.35. The second-order valence-corrected chi connectivity index (χ2v) is 8.59. The SMILES string of the molecule is COc1ccc(Cl)cc1CN(C)CC(=O)N1CCN(S(C)(=O)=O)CC1. The Morgan fingerprint density at radius 3 is 2.48 bits per heavy atom. The second kappa shape index (κ2) is 8.35. The number of hydrogen-bond donors (Lipinski definition) is 0. The van der Waals surface area contributed by atoms with Crippen molar-refractivity contribution in [2.75, 3.05) is 53.1 Å². The third-order valence-corrected chi connectivity index (χ3v) is 5.69. The predicted octanol–water partition coefficient (Wildman–Crippen LogP) is 0.884. The van der Waals surface area contributed by atoms with Crippen LogP contribution in [0.5, 0.6) is 5.75 Å². The van der Waals surface area contributed by atoms with Gasteiger partial charge in [-0.1, -0.05) is 11.6 Å². The van der Waals surface area contributed by atoms with E-state index < -0.39 is 10.0 Å². The van der Waals surface area contributed by atoms with Crippen molar-refractivity contribution in [3.8, 4) is 5.75 Å². The van der Waals surface area contributed by atoms with Gasteiger partial charge in [0.2, 0.25) is 15.9 Å². The van der Waals surface area contributed by atoms with Crippen LogP contribution in [-0.2, 0) is 21.4 Å². The summed E-state index contributed by atoms with van der Waals surface area (Å²) in [5.41, 5.74) is 0.909. The van der Waals surface area contributed by atoms with Crippen LogP contribution in [0.4, 0.5) is 0 Å². The number of halogens is 1. The quantitative estimate of drug-likeness (QED) is 0.722. The molecule has 9 heteroatoms. The van der Waals surface area contributed by atoms with Gasteiger partial charge in [-0.25, -0.2) is 8.42 Å². The number of carbonyl (C=O) groups excluding carboxylic acids is 1. The molecule has 1 aromatic carbocycles. The van der Waals surface area contributed by atoms with Crippen LogP contribution in [0, 0.1) is 0 Å². The summed E-state index contributed by atoms with van der Waals surface area (Å²) in [6.07, 6.45) is 1.19. The fourth-order valence-corrected chi connectivity index (χ4v) is 3.84. The Balaban J connectivity index is 1.90. The summed E-state index contributed by atoms with van der Waals surface area (Å²) in [6.45, 7) is 2.29. The fraction of sp³-hybridized carbons (Fsp3) is 0.562. The van der Waals surface area contributed by atoms with Crippen LogP contribution in [0.3, 0.4) is 0 Å². The molecule has 0 bridgehead atoms. The zero-order chi connectivity index (χ0) is 18.6. The van der Waals surface area contributed by atoms with E-state index >= 15 is 0 Å². The van der Waals surface area contributed by atoms with Gasteiger partial charge in [0, 0.05) is 43.3 Å². The number of rotatable bonds is 6. The number of benzene rings is 1. The highest BCUT2D eigenvalue weighted by molar-refractivity contribution is 7.88. The molecule has 0 aliphatic carbocycles. The van der Waals surface area contributed by atoms with E-state index in [1.807, 2.05) is 18.0 Å². The van der Waals surface area contributed by atoms with E-state index in [9.17, 15) is 13.2 Å². The van der Waals surface area contributed by atoms with E-state index in [4.69, 9.17) is 16.3 Å². The minimum Gasteiger partial charge on any atom is -0.496 e. The highest BCUT2D eigenvalue weighted by Gasteiger charge is 2.26. The maximum Gasteiger partial charge on any atom is 0.236 e. The van der Waals surface area contributed by atoms with Crippen molar-refractivity contribution >= 4 is 27.5 Å². The Morgan fingerprint density at radius 1 is 1.28 bits per heavy atom. The predicted molar refractivity (Wildman–Crippen MR) is 97.3 cm³/mol. The van der Waals surface area contributed by atoms with Crippen LogP contribution in [0.15, 0.2) is 18.2 Å². The number of sulfonamides is 1. The molecule has 140 valence electrons. The van der Waals surface area contributed by atoms with E-state index in [0.29, 0.717) is 37.7 Å². The molecule has 0 aromatic heterocycles. The number of carbonyl (C=O) groups is 1. The molecule has 25 heavy (non-hydrogen) atoms. The van der Waals surface area contributed by atoms with E-state index in [-0.39, 0.29) is 12.5 Å². The minimum atomic E-state index is -3.19. The van der Waals surface area contributed by atoms with Crippen LogP contribution in [0.25, 0.3) is 0 Å². The number of ether oxygens (including phenoxy) is 1. The smallest absolute Gasteiger partial charge is 0.236 e. The van der Waals surface area contributed by atoms with Crippen molar-refractivity contribution in [1.82, 2.24) is 14.1 Å². The van der Waals surface area contributed by atoms with Gasteiger partial charge in [-0.3, -0.25) is 9.69 Å². The van der Waals surface area contributed by atoms with Crippen molar-refractivity contribution in [2.24, 2.45) is 0 Å². The number of nitrogens with zero attached hydrogens (tertiary/aromatic N) is 3. The molecular weight excluding hydrogens is 366 g/mol. The first-order chi connectivity index (χ1) is 11.7. The highest BCUT2D eigenvalue weighted by Crippen LogP contribution is 2.23. The van der Waals surface area contributed by atoms with E-state index in [1.54, 1.807) is 24.1 Å². The highest BCUT2D eigenvalue weighted by atomic mass is 35.5. The third-order valence-electron chi connectivity index (χ3n) is 4.15. The Bertz CT molecular complexity index is 718. The first kappa shape index (κ1) is 20.0. The Morgan fingerprint density at radius 2 is 1.92 bits per heavy atom. The lowest BCUT2D eigenvalue weighted by Gasteiger charge is -2.34. The van der Waals surface area contributed by atoms with Gasteiger partial charge < -0.3 is 9.64 Å². The zero-order valence-electron chi connectivity index (χ0n) is 14.7. The van der Waals surface area contributed by atoms with Crippen molar-refractivity contribution in [2.45, 2.75) is 6.54 Å². The van der Waals surface area contributed by atoms with Crippen molar-refractivity contribution in [3.63, 3.8) is 0 Å². The maximum atomic E-state index is 12.4. The fourth-order valence-electron chi connectivity index (χ4n) is 2.82. The number of hydrogen-bond acceptors (Lipinski definition) is 5. The van der Waals surface area contributed by atoms with E-state index in [2.05, 4.69) is 0 Å². The molecular formula is C16H24ClN3O4S. The number of likely N-dealkylation sites (N-methyl/N-ethyl adjacent to an activating group) is 1. The standard InChI is InChI=1S/C16H24ClN3O4S/c1-18(11-13-10-14(17)4-5-15(13)24-2)12-16(21)19-6-8-20(9-7-19)25(3,22)23/h4-5,10H,6-9,11-12H2,1-3H3. The van der Waals surface area contributed by atoms with Gasteiger partial charge in [0.25, 0.3) is 0 Å². The first-order valence-electron chi connectivity index (χ1n) is 7.94. The lowest BCUT2D eigenvalue weighted by atomic mass is 10.2. The van der Waals surface area contributed by atoms with Crippen molar-refractivity contribution in [1.29, 1.82) is 0 Å². The normalized spacial score (nSPS) is 16.3. The van der Waals surface area contributed by atoms with E-state index in [0.717, 1.165) is 11.3 Å². The minimum absolute atomic E-state index is 0.0170. The molecule has 0 atom stereocenters. The third kappa shape index (κ3) is 5.57. The van der Waals surface area contributed by atoms with Gasteiger partial charge in [0.1, 0.15) is 5.75 Å². The molecule has 0 spiro atoms. The molecule has 7 nitrogen and oxygen atoms in total. The van der Waals surface area contributed by atoms with Gasteiger partial charge in [-0.05, 0) is 25.2 Å². The summed E-state index contributed by atoms with van der Waals surface area (Å²) in [5, 5.41) is 0.618. The number of amides is 1. The lowest BCUT2D eigenvalue weighted by Crippen LogP contribution is -2.52. The van der Waals surface area contributed by atoms with Gasteiger partial charge >= 0.3 is 0 Å². The largest absolute Gasteiger partial charge is 0.496 e. The zero-order valence-corrected chi connectivity index (χ0v) is 16.3. The molecule has 1 aliphatic heterocycles. The molecule has 0 unspecified atom stereocenters. The van der Waals surface area contributed by atoms with E-state index in [1.165, 1.54) is 10.6 Å². The lowest BCUT2D eigenvalue weighted by molar-refractivity contribution is -0.133. The van der Waals surface area contributed by atoms with Crippen LogP contribution < -0.4 is 4.74 Å². The second-order valence-electron chi connectivity index (χ2n) is 6.17. The van der Waals surface area contributed by atoms with Crippen molar-refractivity contribution < 1.29 is 17.9 Å². The monoisotopic (exact) mass is 389 g/mol. The summed E-state index contributed by atoms with van der Waals surface area (Å²) < 4.78 is 29.8. The van der Waals surface area contributed by atoms with Gasteiger partial charge in [-0.15, -0.1) is 0 Å². The summed E-state index contributed by atoms with van der Waals surface area (Å²) >= 11 is 6.03. The molecule has 0 radical (unpaired) electrons. The average Bonchev–Trinajstić information content (AvgIpc) is 2.54. The summed E-state index contributed by atoms with van der Waals surface area (Å²) in [4.78, 5) is 16.0. The van der Waals surface area contributed by atoms with Gasteiger partial charge in [0.15, 0.2) is 0 Å². The molecule has 1 aliphatic rings. The summed E-state index contributed by atoms with van der Waals surface area (Å²) in [6, 6.07) is 5.39. The van der Waals surface area contributed by atoms with Crippen LogP contribution in [-0.4, -0.2) is 81.6 Å². The van der Waals surface area contributed by atoms with Crippen molar-refractivity contribution in [3.05, 3.63) is 28.8 Å². The summed E-state index contributed by atoms with van der Waals surface area (Å²) in [5.74, 6) is 0.710. The Labute approximate surface area is 154 Å². The molecule has 1 heterocycles. The first-order valence-corrected chi connectivity index (χ1v) is 10.2. The van der Waals surface area contributed by atoms with Gasteiger partial charge in [-0.2, -0.15) is 4.31 Å². The molecule has 2 rings (SSSR count). The van der Waals surface area contributed by atoms with Gasteiger partial charge in [0.05, 0.1) is 19.9 Å². The topological polar surface area (TPSA) is 70.2 Å². The number of methoxy groups -OCH3 is 1. The van der Waals surface area contributed by atoms with Crippen LogP contribution >= 0.6 is 11.6 Å². The molecule has 1 saturated heterocycles. The molecule has 1 fully saturated rings. The molecule has 0 N–H and O–H groups in total. The number of piperazine rings is 1. The van der Waals surface area contributed by atoms with Crippen LogP contribution in [0.2, 0.25) is 5.02 Å². The Kier molecular flexibility index (Phi) is 6.67. The average molecular weight is 390 g/mol.